The zero-order valence-corrected chi connectivity index (χ0v) is 8.60. The maximum Gasteiger partial charge on any atom is 0.408 e. The fourth-order valence-electron chi connectivity index (χ4n) is 0.655. The second-order valence-corrected chi connectivity index (χ2v) is 4.47. The summed E-state index contributed by atoms with van der Waals surface area (Å²) in [4.78, 5) is 0. The van der Waals surface area contributed by atoms with E-state index in [1.807, 2.05) is 0 Å². The van der Waals surface area contributed by atoms with Gasteiger partial charge in [0.1, 0.15) is 0 Å². The fraction of sp³-hybridized carbons (Fsp3) is 1.00. The molecule has 2 atom stereocenters. The lowest BCUT2D eigenvalue weighted by Crippen LogP contribution is -2.48. The van der Waals surface area contributed by atoms with E-state index < -0.39 is 21.4 Å². The molecule has 0 aliphatic carbocycles. The Morgan fingerprint density at radius 2 is 0.923 bits per heavy atom. The van der Waals surface area contributed by atoms with Crippen molar-refractivity contribution in [1.29, 1.82) is 0 Å². The molecule has 0 aromatic rings. The largest absolute Gasteiger partial charge is 0.408 e. The Morgan fingerprint density at radius 1 is 0.692 bits per heavy atom. The van der Waals surface area contributed by atoms with Crippen molar-refractivity contribution in [3.05, 3.63) is 0 Å². The highest BCUT2D eigenvalue weighted by atomic mass is 79.9. The summed E-state index contributed by atoms with van der Waals surface area (Å²) in [6, 6.07) is 0. The summed E-state index contributed by atoms with van der Waals surface area (Å²) in [5.41, 5.74) is 0. The van der Waals surface area contributed by atoms with Crippen LogP contribution in [0.4, 0.5) is 26.3 Å². The molecule has 1 nitrogen and oxygen atoms in total. The van der Waals surface area contributed by atoms with Crippen LogP contribution in [0.1, 0.15) is 0 Å². The molecule has 2 unspecified atom stereocenters. The summed E-state index contributed by atoms with van der Waals surface area (Å²) in [5.74, 6) is 0. The number of halogens is 8. The van der Waals surface area contributed by atoms with Gasteiger partial charge in [-0.25, -0.2) is 13.5 Å². The summed E-state index contributed by atoms with van der Waals surface area (Å²) in [5, 5.41) is 0. The molecule has 0 N–H and O–H groups in total. The van der Waals surface area contributed by atoms with Crippen LogP contribution in [-0.2, 0) is 4.74 Å². The minimum absolute atomic E-state index is 1.52. The van der Waals surface area contributed by atoms with Gasteiger partial charge in [-0.15, -0.1) is 0 Å². The zero-order chi connectivity index (χ0) is 10.7. The molecular weight excluding hydrogens is 338 g/mol. The van der Waals surface area contributed by atoms with Crippen LogP contribution in [0.2, 0.25) is 0 Å². The van der Waals surface area contributed by atoms with Crippen molar-refractivity contribution in [3.63, 3.8) is 0 Å². The zero-order valence-electron chi connectivity index (χ0n) is 5.43. The Kier molecular flexibility index (Phi) is 2.26. The highest BCUT2D eigenvalue weighted by Gasteiger charge is 2.86. The van der Waals surface area contributed by atoms with Gasteiger partial charge < -0.3 is 0 Å². The van der Waals surface area contributed by atoms with Crippen LogP contribution in [0.5, 0.6) is 0 Å². The summed E-state index contributed by atoms with van der Waals surface area (Å²) in [6.45, 7) is 0. The van der Waals surface area contributed by atoms with Crippen molar-refractivity contribution in [2.24, 2.45) is 0 Å². The monoisotopic (exact) mass is 336 g/mol. The minimum atomic E-state index is -4.96. The van der Waals surface area contributed by atoms with E-state index in [-0.39, 0.29) is 0 Å². The van der Waals surface area contributed by atoms with Crippen molar-refractivity contribution < 1.29 is 31.1 Å². The molecule has 0 amide bonds. The normalized spacial score (nSPS) is 48.0. The standard InChI is InChI=1S/C4Br2F6O/c5-1(7)2(6,8)4(11,12)13-3(1,9)10. The summed E-state index contributed by atoms with van der Waals surface area (Å²) in [7, 11) is 0. The molecule has 1 saturated heterocycles. The van der Waals surface area contributed by atoms with Gasteiger partial charge in [-0.2, -0.15) is 17.6 Å². The van der Waals surface area contributed by atoms with Crippen molar-refractivity contribution in [2.45, 2.75) is 21.4 Å². The Balaban J connectivity index is 3.24. The lowest BCUT2D eigenvalue weighted by atomic mass is 10.2. The summed E-state index contributed by atoms with van der Waals surface area (Å²) < 4.78 is 68.9. The highest BCUT2D eigenvalue weighted by molar-refractivity contribution is 9.12. The SMILES string of the molecule is FC1(F)OC(F)(F)C(F)(Br)C1(F)Br. The van der Waals surface area contributed by atoms with E-state index in [1.54, 1.807) is 0 Å². The Hall–Kier alpha value is 0.500. The van der Waals surface area contributed by atoms with E-state index >= 15 is 0 Å². The van der Waals surface area contributed by atoms with E-state index in [0.29, 0.717) is 0 Å². The first-order valence-electron chi connectivity index (χ1n) is 2.67. The van der Waals surface area contributed by atoms with Crippen molar-refractivity contribution >= 4 is 31.9 Å². The van der Waals surface area contributed by atoms with E-state index in [4.69, 9.17) is 0 Å². The number of rotatable bonds is 0. The Labute approximate surface area is 84.7 Å². The molecule has 0 saturated carbocycles. The lowest BCUT2D eigenvalue weighted by Gasteiger charge is -2.24. The third-order valence-electron chi connectivity index (χ3n) is 1.38. The molecule has 0 aromatic carbocycles. The highest BCUT2D eigenvalue weighted by Crippen LogP contribution is 2.64. The van der Waals surface area contributed by atoms with E-state index in [1.165, 1.54) is 31.9 Å². The van der Waals surface area contributed by atoms with E-state index in [9.17, 15) is 26.3 Å². The molecule has 1 heterocycles. The molecule has 78 valence electrons. The van der Waals surface area contributed by atoms with E-state index in [2.05, 4.69) is 4.74 Å². The van der Waals surface area contributed by atoms with Gasteiger partial charge in [0, 0.05) is 0 Å². The third kappa shape index (κ3) is 1.23. The predicted molar refractivity (Wildman–Crippen MR) is 36.5 cm³/mol. The molecule has 0 aromatic heterocycles. The molecular formula is C4Br2F6O. The number of hydrogen-bond donors (Lipinski definition) is 0. The summed E-state index contributed by atoms with van der Waals surface area (Å²) >= 11 is 3.04. The van der Waals surface area contributed by atoms with Crippen LogP contribution in [0.3, 0.4) is 0 Å². The number of ether oxygens (including phenoxy) is 1. The van der Waals surface area contributed by atoms with E-state index in [0.717, 1.165) is 0 Å². The summed E-state index contributed by atoms with van der Waals surface area (Å²) in [6.07, 6.45) is -9.93. The van der Waals surface area contributed by atoms with Gasteiger partial charge in [-0.05, 0) is 31.9 Å². The molecule has 13 heavy (non-hydrogen) atoms. The maximum absolute atomic E-state index is 12.8. The molecule has 1 aliphatic rings. The second-order valence-electron chi connectivity index (χ2n) is 2.28. The van der Waals surface area contributed by atoms with Gasteiger partial charge in [0.15, 0.2) is 0 Å². The quantitative estimate of drug-likeness (QED) is 0.487. The molecule has 0 radical (unpaired) electrons. The van der Waals surface area contributed by atoms with Crippen LogP contribution >= 0.6 is 31.9 Å². The predicted octanol–water partition coefficient (Wildman–Crippen LogP) is 3.32. The molecule has 1 fully saturated rings. The first kappa shape index (κ1) is 11.6. The van der Waals surface area contributed by atoms with Crippen LogP contribution < -0.4 is 0 Å². The average Bonchev–Trinajstić information content (AvgIpc) is 1.88. The molecule has 1 rings (SSSR count). The van der Waals surface area contributed by atoms with Crippen molar-refractivity contribution in [1.82, 2.24) is 0 Å². The first-order chi connectivity index (χ1) is 5.46. The van der Waals surface area contributed by atoms with Crippen LogP contribution in [-0.4, -0.2) is 21.4 Å². The molecule has 0 spiro atoms. The molecule has 1 aliphatic heterocycles. The van der Waals surface area contributed by atoms with Gasteiger partial charge in [0.2, 0.25) is 0 Å². The van der Waals surface area contributed by atoms with Crippen LogP contribution in [0.15, 0.2) is 0 Å². The Bertz CT molecular complexity index is 215. The minimum Gasteiger partial charge on any atom is -0.248 e. The van der Waals surface area contributed by atoms with Gasteiger partial charge in [0.05, 0.1) is 0 Å². The maximum atomic E-state index is 12.8. The second kappa shape index (κ2) is 2.54. The van der Waals surface area contributed by atoms with Crippen molar-refractivity contribution in [3.8, 4) is 0 Å². The molecule has 0 bridgehead atoms. The van der Waals surface area contributed by atoms with Crippen LogP contribution in [0.25, 0.3) is 0 Å². The van der Waals surface area contributed by atoms with Gasteiger partial charge in [-0.1, -0.05) is 0 Å². The fourth-order valence-corrected chi connectivity index (χ4v) is 1.28. The van der Waals surface area contributed by atoms with Crippen LogP contribution in [0, 0.1) is 0 Å². The van der Waals surface area contributed by atoms with Crippen molar-refractivity contribution in [2.75, 3.05) is 0 Å². The lowest BCUT2D eigenvalue weighted by molar-refractivity contribution is -0.344. The number of alkyl halides is 8. The average molecular weight is 338 g/mol. The Morgan fingerprint density at radius 3 is 1.00 bits per heavy atom. The van der Waals surface area contributed by atoms with Gasteiger partial charge in [0.25, 0.3) is 0 Å². The topological polar surface area (TPSA) is 9.23 Å². The van der Waals surface area contributed by atoms with Gasteiger partial charge >= 0.3 is 21.4 Å². The smallest absolute Gasteiger partial charge is 0.248 e. The number of hydrogen-bond acceptors (Lipinski definition) is 1. The molecule has 9 heteroatoms. The van der Waals surface area contributed by atoms with Gasteiger partial charge in [-0.3, -0.25) is 0 Å². The third-order valence-corrected chi connectivity index (χ3v) is 3.93. The first-order valence-corrected chi connectivity index (χ1v) is 4.26.